The molecular formula is C10H13ClN2O2S. The topological polar surface area (TPSA) is 54.9 Å². The minimum atomic E-state index is -0.531. The fraction of sp³-hybridized carbons (Fsp3) is 0.600. The van der Waals surface area contributed by atoms with Crippen molar-refractivity contribution in [1.29, 1.82) is 0 Å². The lowest BCUT2D eigenvalue weighted by Crippen LogP contribution is -2.41. The summed E-state index contributed by atoms with van der Waals surface area (Å²) >= 11 is 10.0. The van der Waals surface area contributed by atoms with Gasteiger partial charge in [0.15, 0.2) is 0 Å². The van der Waals surface area contributed by atoms with Gasteiger partial charge in [-0.2, -0.15) is 12.6 Å². The van der Waals surface area contributed by atoms with Crippen molar-refractivity contribution >= 4 is 24.2 Å². The second-order valence-corrected chi connectivity index (χ2v) is 5.10. The Kier molecular flexibility index (Phi) is 3.17. The maximum atomic E-state index is 11.5. The van der Waals surface area contributed by atoms with Gasteiger partial charge in [-0.1, -0.05) is 18.0 Å². The zero-order valence-electron chi connectivity index (χ0n) is 8.70. The molecule has 16 heavy (non-hydrogen) atoms. The number of aromatic nitrogens is 2. The van der Waals surface area contributed by atoms with Gasteiger partial charge in [0.1, 0.15) is 5.02 Å². The van der Waals surface area contributed by atoms with E-state index in [0.29, 0.717) is 6.54 Å². The largest absolute Gasteiger partial charge is 0.328 e. The minimum Gasteiger partial charge on any atom is -0.299 e. The van der Waals surface area contributed by atoms with Gasteiger partial charge in [0.05, 0.1) is 0 Å². The van der Waals surface area contributed by atoms with Crippen LogP contribution in [0.2, 0.25) is 5.02 Å². The van der Waals surface area contributed by atoms with Gasteiger partial charge in [0, 0.05) is 12.7 Å². The van der Waals surface area contributed by atoms with Crippen LogP contribution in [0.25, 0.3) is 0 Å². The van der Waals surface area contributed by atoms with Crippen LogP contribution < -0.4 is 11.2 Å². The van der Waals surface area contributed by atoms with E-state index in [1.807, 2.05) is 0 Å². The second-order valence-electron chi connectivity index (χ2n) is 4.38. The van der Waals surface area contributed by atoms with Crippen LogP contribution >= 0.6 is 24.2 Å². The van der Waals surface area contributed by atoms with E-state index in [1.165, 1.54) is 17.2 Å². The van der Waals surface area contributed by atoms with Crippen LogP contribution in [0, 0.1) is 5.41 Å². The van der Waals surface area contributed by atoms with E-state index in [1.54, 1.807) is 0 Å². The quantitative estimate of drug-likeness (QED) is 0.805. The highest BCUT2D eigenvalue weighted by atomic mass is 35.5. The van der Waals surface area contributed by atoms with Gasteiger partial charge in [-0.25, -0.2) is 4.79 Å². The molecule has 1 heterocycles. The van der Waals surface area contributed by atoms with Crippen molar-refractivity contribution in [2.24, 2.45) is 5.41 Å². The minimum absolute atomic E-state index is 0.0493. The predicted octanol–water partition coefficient (Wildman–Crippen LogP) is 1.29. The lowest BCUT2D eigenvalue weighted by atomic mass is 9.70. The van der Waals surface area contributed by atoms with Crippen LogP contribution in [0.4, 0.5) is 0 Å². The summed E-state index contributed by atoms with van der Waals surface area (Å²) in [5.41, 5.74) is -0.840. The summed E-state index contributed by atoms with van der Waals surface area (Å²) in [6, 6.07) is 0. The van der Waals surface area contributed by atoms with Crippen molar-refractivity contribution in [2.45, 2.75) is 25.8 Å². The zero-order chi connectivity index (χ0) is 11.8. The monoisotopic (exact) mass is 260 g/mol. The van der Waals surface area contributed by atoms with Crippen LogP contribution in [0.3, 0.4) is 0 Å². The Morgan fingerprint density at radius 1 is 1.50 bits per heavy atom. The molecule has 0 unspecified atom stereocenters. The fourth-order valence-electron chi connectivity index (χ4n) is 2.00. The van der Waals surface area contributed by atoms with Crippen LogP contribution in [0.1, 0.15) is 19.3 Å². The fourth-order valence-corrected chi connectivity index (χ4v) is 2.59. The maximum absolute atomic E-state index is 11.5. The van der Waals surface area contributed by atoms with E-state index >= 15 is 0 Å². The first kappa shape index (κ1) is 11.8. The maximum Gasteiger partial charge on any atom is 0.328 e. The third kappa shape index (κ3) is 2.06. The predicted molar refractivity (Wildman–Crippen MR) is 66.5 cm³/mol. The summed E-state index contributed by atoms with van der Waals surface area (Å²) in [5, 5.41) is 0.0493. The van der Waals surface area contributed by atoms with Crippen molar-refractivity contribution in [3.63, 3.8) is 0 Å². The Bertz CT molecular complexity index is 499. The third-order valence-corrected chi connectivity index (χ3v) is 4.16. The van der Waals surface area contributed by atoms with Crippen molar-refractivity contribution in [1.82, 2.24) is 9.55 Å². The van der Waals surface area contributed by atoms with E-state index in [9.17, 15) is 9.59 Å². The van der Waals surface area contributed by atoms with E-state index in [0.717, 1.165) is 18.6 Å². The van der Waals surface area contributed by atoms with E-state index < -0.39 is 11.2 Å². The van der Waals surface area contributed by atoms with Crippen molar-refractivity contribution in [3.8, 4) is 0 Å². The Labute approximate surface area is 103 Å². The van der Waals surface area contributed by atoms with Gasteiger partial charge < -0.3 is 0 Å². The van der Waals surface area contributed by atoms with E-state index in [4.69, 9.17) is 11.6 Å². The van der Waals surface area contributed by atoms with Crippen molar-refractivity contribution in [3.05, 3.63) is 32.1 Å². The van der Waals surface area contributed by atoms with Crippen molar-refractivity contribution < 1.29 is 0 Å². The van der Waals surface area contributed by atoms with Gasteiger partial charge in [-0.3, -0.25) is 14.3 Å². The number of H-pyrrole nitrogens is 1. The van der Waals surface area contributed by atoms with Crippen molar-refractivity contribution in [2.75, 3.05) is 5.75 Å². The Morgan fingerprint density at radius 2 is 2.19 bits per heavy atom. The Balaban J connectivity index is 2.31. The molecular weight excluding hydrogens is 248 g/mol. The van der Waals surface area contributed by atoms with E-state index in [-0.39, 0.29) is 10.4 Å². The lowest BCUT2D eigenvalue weighted by molar-refractivity contribution is 0.136. The normalized spacial score (nSPS) is 18.1. The van der Waals surface area contributed by atoms with Gasteiger partial charge >= 0.3 is 5.69 Å². The molecule has 0 aliphatic heterocycles. The molecule has 1 aromatic rings. The number of hydrogen-bond acceptors (Lipinski definition) is 3. The number of aromatic amines is 1. The molecule has 6 heteroatoms. The molecule has 1 aromatic heterocycles. The van der Waals surface area contributed by atoms with E-state index in [2.05, 4.69) is 17.6 Å². The second kappa shape index (κ2) is 4.30. The smallest absolute Gasteiger partial charge is 0.299 e. The van der Waals surface area contributed by atoms with Gasteiger partial charge in [0.25, 0.3) is 5.56 Å². The SMILES string of the molecule is O=c1[nH]c(=O)n(CC2(CS)CCC2)cc1Cl. The molecule has 88 valence electrons. The molecule has 1 aliphatic rings. The molecule has 1 saturated carbocycles. The highest BCUT2D eigenvalue weighted by Gasteiger charge is 2.36. The van der Waals surface area contributed by atoms with Crippen LogP contribution in [0.5, 0.6) is 0 Å². The standard InChI is InChI=1S/C10H13ClN2O2S/c11-7-4-13(9(15)12-8(7)14)5-10(6-16)2-1-3-10/h4,16H,1-3,5-6H2,(H,12,14,15). The first-order chi connectivity index (χ1) is 7.56. The molecule has 0 amide bonds. The average Bonchev–Trinajstić information content (AvgIpc) is 2.19. The molecule has 0 aromatic carbocycles. The molecule has 0 bridgehead atoms. The molecule has 0 spiro atoms. The van der Waals surface area contributed by atoms with Crippen LogP contribution in [-0.4, -0.2) is 15.3 Å². The number of nitrogens with zero attached hydrogens (tertiary/aromatic N) is 1. The van der Waals surface area contributed by atoms with Gasteiger partial charge in [-0.15, -0.1) is 0 Å². The summed E-state index contributed by atoms with van der Waals surface area (Å²) in [5.74, 6) is 0.746. The zero-order valence-corrected chi connectivity index (χ0v) is 10.4. The molecule has 0 saturated heterocycles. The lowest BCUT2D eigenvalue weighted by Gasteiger charge is -2.41. The first-order valence-electron chi connectivity index (χ1n) is 5.16. The first-order valence-corrected chi connectivity index (χ1v) is 6.17. The number of halogens is 1. The number of rotatable bonds is 3. The summed E-state index contributed by atoms with van der Waals surface area (Å²) in [6.45, 7) is 0.575. The summed E-state index contributed by atoms with van der Waals surface area (Å²) < 4.78 is 1.47. The molecule has 2 rings (SSSR count). The molecule has 1 fully saturated rings. The van der Waals surface area contributed by atoms with Crippen LogP contribution in [-0.2, 0) is 6.54 Å². The highest BCUT2D eigenvalue weighted by molar-refractivity contribution is 7.80. The summed E-state index contributed by atoms with van der Waals surface area (Å²) in [4.78, 5) is 24.8. The molecule has 1 N–H and O–H groups in total. The molecule has 0 radical (unpaired) electrons. The summed E-state index contributed by atoms with van der Waals surface area (Å²) in [6.07, 6.45) is 4.72. The highest BCUT2D eigenvalue weighted by Crippen LogP contribution is 2.42. The number of hydrogen-bond donors (Lipinski definition) is 2. The average molecular weight is 261 g/mol. The molecule has 4 nitrogen and oxygen atoms in total. The number of thiol groups is 1. The molecule has 0 atom stereocenters. The van der Waals surface area contributed by atoms with Gasteiger partial charge in [-0.05, 0) is 24.0 Å². The Morgan fingerprint density at radius 3 is 2.69 bits per heavy atom. The number of nitrogens with one attached hydrogen (secondary N) is 1. The van der Waals surface area contributed by atoms with Gasteiger partial charge in [0.2, 0.25) is 0 Å². The Hall–Kier alpha value is -0.680. The summed E-state index contributed by atoms with van der Waals surface area (Å²) in [7, 11) is 0. The molecule has 1 aliphatic carbocycles. The van der Waals surface area contributed by atoms with Crippen LogP contribution in [0.15, 0.2) is 15.8 Å². The third-order valence-electron chi connectivity index (χ3n) is 3.22.